The molecule has 1 aromatic carbocycles. The molecule has 2 aromatic heterocycles. The van der Waals surface area contributed by atoms with Crippen molar-refractivity contribution in [2.24, 2.45) is 0 Å². The molecule has 0 amide bonds. The molecule has 0 radical (unpaired) electrons. The van der Waals surface area contributed by atoms with Gasteiger partial charge in [0.25, 0.3) is 0 Å². The summed E-state index contributed by atoms with van der Waals surface area (Å²) in [6.07, 6.45) is 3.88. The summed E-state index contributed by atoms with van der Waals surface area (Å²) in [4.78, 5) is 9.28. The van der Waals surface area contributed by atoms with Crippen LogP contribution in [-0.2, 0) is 6.54 Å². The van der Waals surface area contributed by atoms with Gasteiger partial charge in [0.05, 0.1) is 18.3 Å². The Morgan fingerprint density at radius 2 is 2.00 bits per heavy atom. The summed E-state index contributed by atoms with van der Waals surface area (Å²) in [5.41, 5.74) is 1.74. The lowest BCUT2D eigenvalue weighted by Crippen LogP contribution is -2.35. The number of fused-ring (bicyclic) bond motifs is 1. The third-order valence-electron chi connectivity index (χ3n) is 4.18. The minimum atomic E-state index is 0.438. The van der Waals surface area contributed by atoms with Crippen LogP contribution in [0, 0.1) is 0 Å². The molecule has 1 aliphatic rings. The minimum absolute atomic E-state index is 0.438. The van der Waals surface area contributed by atoms with E-state index in [2.05, 4.69) is 47.4 Å². The topological polar surface area (TPSA) is 103 Å². The Hall–Kier alpha value is -2.74. The van der Waals surface area contributed by atoms with Gasteiger partial charge in [-0.1, -0.05) is 12.1 Å². The van der Waals surface area contributed by atoms with Crippen LogP contribution in [0.3, 0.4) is 0 Å². The van der Waals surface area contributed by atoms with Crippen molar-refractivity contribution in [3.8, 4) is 0 Å². The van der Waals surface area contributed by atoms with Crippen LogP contribution in [0.15, 0.2) is 30.5 Å². The predicted octanol–water partition coefficient (Wildman–Crippen LogP) is 1.52. The molecule has 0 saturated carbocycles. The van der Waals surface area contributed by atoms with E-state index in [1.54, 1.807) is 6.20 Å². The van der Waals surface area contributed by atoms with E-state index in [-0.39, 0.29) is 0 Å². The highest BCUT2D eigenvalue weighted by molar-refractivity contribution is 5.90. The largest absolute Gasteiger partial charge is 0.367 e. The van der Waals surface area contributed by atoms with Crippen LogP contribution in [-0.4, -0.2) is 44.5 Å². The minimum Gasteiger partial charge on any atom is -0.367 e. The molecule has 0 spiro atoms. The van der Waals surface area contributed by atoms with Gasteiger partial charge in [-0.2, -0.15) is 20.4 Å². The number of nitrogens with one attached hydrogen (secondary N) is 4. The second-order valence-corrected chi connectivity index (χ2v) is 5.90. The Morgan fingerprint density at radius 3 is 2.83 bits per heavy atom. The van der Waals surface area contributed by atoms with Crippen LogP contribution in [0.1, 0.15) is 18.5 Å². The normalized spacial score (nSPS) is 15.5. The van der Waals surface area contributed by atoms with Crippen molar-refractivity contribution in [1.29, 1.82) is 0 Å². The molecule has 4 rings (SSSR count). The van der Waals surface area contributed by atoms with Crippen LogP contribution in [0.2, 0.25) is 0 Å². The fourth-order valence-electron chi connectivity index (χ4n) is 2.91. The second kappa shape index (κ2) is 6.79. The highest BCUT2D eigenvalue weighted by Gasteiger charge is 2.15. The van der Waals surface area contributed by atoms with Crippen LogP contribution in [0.4, 0.5) is 11.8 Å². The van der Waals surface area contributed by atoms with Gasteiger partial charge in [-0.25, -0.2) is 4.98 Å². The van der Waals surface area contributed by atoms with Gasteiger partial charge in [-0.05, 0) is 38.1 Å². The lowest BCUT2D eigenvalue weighted by molar-refractivity contribution is 0.478. The highest BCUT2D eigenvalue weighted by Crippen LogP contribution is 2.24. The summed E-state index contributed by atoms with van der Waals surface area (Å²) in [5.74, 6) is 1.48. The molecule has 3 aromatic rings. The van der Waals surface area contributed by atoms with Gasteiger partial charge in [0, 0.05) is 11.4 Å². The molecule has 1 saturated heterocycles. The average molecular weight is 324 g/mol. The summed E-state index contributed by atoms with van der Waals surface area (Å²) in [5, 5.41) is 21.7. The zero-order chi connectivity index (χ0) is 16.2. The monoisotopic (exact) mass is 324 g/mol. The van der Waals surface area contributed by atoms with Gasteiger partial charge in [0.1, 0.15) is 11.5 Å². The first-order chi connectivity index (χ1) is 11.9. The maximum absolute atomic E-state index is 4.68. The zero-order valence-electron chi connectivity index (χ0n) is 13.3. The maximum atomic E-state index is 4.68. The van der Waals surface area contributed by atoms with E-state index in [9.17, 15) is 0 Å². The highest BCUT2D eigenvalue weighted by atomic mass is 15.3. The summed E-state index contributed by atoms with van der Waals surface area (Å²) < 4.78 is 0. The first kappa shape index (κ1) is 14.8. The van der Waals surface area contributed by atoms with E-state index in [4.69, 9.17) is 0 Å². The van der Waals surface area contributed by atoms with Gasteiger partial charge in [-0.3, -0.25) is 0 Å². The summed E-state index contributed by atoms with van der Waals surface area (Å²) >= 11 is 0. The van der Waals surface area contributed by atoms with Gasteiger partial charge < -0.3 is 16.0 Å². The SMILES string of the molecule is c1ccc2c(NC3CCNCC3)nc(NCc3cn[nH]n3)nc2c1. The zero-order valence-corrected chi connectivity index (χ0v) is 13.3. The van der Waals surface area contributed by atoms with Crippen molar-refractivity contribution in [3.63, 3.8) is 0 Å². The first-order valence-corrected chi connectivity index (χ1v) is 8.21. The fraction of sp³-hybridized carbons (Fsp3) is 0.375. The van der Waals surface area contributed by atoms with Crippen LogP contribution >= 0.6 is 0 Å². The Kier molecular flexibility index (Phi) is 4.20. The Bertz CT molecular complexity index is 795. The number of aromatic nitrogens is 5. The fourth-order valence-corrected chi connectivity index (χ4v) is 2.91. The van der Waals surface area contributed by atoms with Gasteiger partial charge in [0.15, 0.2) is 0 Å². The molecule has 8 heteroatoms. The molecule has 1 fully saturated rings. The molecule has 0 bridgehead atoms. The van der Waals surface area contributed by atoms with Gasteiger partial charge in [0.2, 0.25) is 5.95 Å². The number of benzene rings is 1. The molecule has 1 aliphatic heterocycles. The van der Waals surface area contributed by atoms with Crippen molar-refractivity contribution in [2.45, 2.75) is 25.4 Å². The number of H-pyrrole nitrogens is 1. The maximum Gasteiger partial charge on any atom is 0.225 e. The molecule has 0 unspecified atom stereocenters. The van der Waals surface area contributed by atoms with Crippen LogP contribution < -0.4 is 16.0 Å². The Morgan fingerprint density at radius 1 is 1.12 bits per heavy atom. The Labute approximate surface area is 139 Å². The number of nitrogens with zero attached hydrogens (tertiary/aromatic N) is 4. The van der Waals surface area contributed by atoms with Crippen LogP contribution in [0.25, 0.3) is 10.9 Å². The molecular weight excluding hydrogens is 304 g/mol. The predicted molar refractivity (Wildman–Crippen MR) is 92.8 cm³/mol. The average Bonchev–Trinajstić information content (AvgIpc) is 3.14. The molecule has 24 heavy (non-hydrogen) atoms. The van der Waals surface area contributed by atoms with E-state index in [0.717, 1.165) is 48.3 Å². The molecule has 124 valence electrons. The molecule has 0 atom stereocenters. The van der Waals surface area contributed by atoms with Crippen molar-refractivity contribution in [2.75, 3.05) is 23.7 Å². The number of hydrogen-bond donors (Lipinski definition) is 4. The van der Waals surface area contributed by atoms with Crippen molar-refractivity contribution >= 4 is 22.7 Å². The number of aromatic amines is 1. The molecular formula is C16H20N8. The van der Waals surface area contributed by atoms with Gasteiger partial charge in [-0.15, -0.1) is 0 Å². The lowest BCUT2D eigenvalue weighted by atomic mass is 10.1. The van der Waals surface area contributed by atoms with Crippen molar-refractivity contribution in [3.05, 3.63) is 36.2 Å². The van der Waals surface area contributed by atoms with E-state index < -0.39 is 0 Å². The van der Waals surface area contributed by atoms with E-state index in [1.807, 2.05) is 18.2 Å². The molecule has 8 nitrogen and oxygen atoms in total. The van der Waals surface area contributed by atoms with E-state index >= 15 is 0 Å². The van der Waals surface area contributed by atoms with E-state index in [0.29, 0.717) is 18.5 Å². The third-order valence-corrected chi connectivity index (χ3v) is 4.18. The van der Waals surface area contributed by atoms with Crippen molar-refractivity contribution < 1.29 is 0 Å². The summed E-state index contributed by atoms with van der Waals surface area (Å²) in [6.45, 7) is 2.61. The Balaban J connectivity index is 1.60. The van der Waals surface area contributed by atoms with Crippen LogP contribution in [0.5, 0.6) is 0 Å². The quantitative estimate of drug-likeness (QED) is 0.564. The molecule has 4 N–H and O–H groups in total. The summed E-state index contributed by atoms with van der Waals surface area (Å²) in [6, 6.07) is 8.51. The first-order valence-electron chi connectivity index (χ1n) is 8.21. The number of para-hydroxylation sites is 1. The standard InChI is InChI=1S/C16H20N8/c1-2-4-14-13(3-1)15(20-11-5-7-17-8-6-11)22-16(21-14)18-9-12-10-19-24-23-12/h1-4,10-11,17H,5-9H2,(H,19,23,24)(H2,18,20,21,22). The van der Waals surface area contributed by atoms with Gasteiger partial charge >= 0.3 is 0 Å². The second-order valence-electron chi connectivity index (χ2n) is 5.90. The van der Waals surface area contributed by atoms with Crippen molar-refractivity contribution in [1.82, 2.24) is 30.7 Å². The third kappa shape index (κ3) is 3.28. The molecule has 3 heterocycles. The lowest BCUT2D eigenvalue weighted by Gasteiger charge is -2.25. The number of piperidine rings is 1. The number of hydrogen-bond acceptors (Lipinski definition) is 7. The number of anilines is 2. The number of rotatable bonds is 5. The smallest absolute Gasteiger partial charge is 0.225 e. The van der Waals surface area contributed by atoms with E-state index in [1.165, 1.54) is 0 Å². The summed E-state index contributed by atoms with van der Waals surface area (Å²) in [7, 11) is 0. The molecule has 0 aliphatic carbocycles.